The number of hydrogen-bond donors (Lipinski definition) is 1. The molecule has 1 N–H and O–H groups in total. The normalized spacial score (nSPS) is 15.2. The fourth-order valence-corrected chi connectivity index (χ4v) is 3.29. The van der Waals surface area contributed by atoms with Gasteiger partial charge in [-0.2, -0.15) is 0 Å². The standard InChI is InChI=1S/C20H17FN2O4S/c21-15-8-6-14(7-9-15)12-17-19(25)23(20(26)28-17)11-10-22-18(24)13-27-16-4-2-1-3-5-16/h1-9,12H,10-11,13H2,(H,22,24). The Labute approximate surface area is 165 Å². The third-order valence-corrected chi connectivity index (χ3v) is 4.72. The lowest BCUT2D eigenvalue weighted by Crippen LogP contribution is -2.38. The van der Waals surface area contributed by atoms with E-state index in [0.29, 0.717) is 11.3 Å². The van der Waals surface area contributed by atoms with E-state index in [-0.39, 0.29) is 36.3 Å². The minimum atomic E-state index is -0.436. The third-order valence-electron chi connectivity index (χ3n) is 3.81. The molecule has 2 aromatic carbocycles. The molecule has 1 fully saturated rings. The number of hydrogen-bond acceptors (Lipinski definition) is 5. The van der Waals surface area contributed by atoms with E-state index in [4.69, 9.17) is 4.74 Å². The fraction of sp³-hybridized carbons (Fsp3) is 0.150. The van der Waals surface area contributed by atoms with E-state index in [0.717, 1.165) is 16.7 Å². The van der Waals surface area contributed by atoms with Crippen LogP contribution in [-0.4, -0.2) is 41.6 Å². The van der Waals surface area contributed by atoms with Crippen LogP contribution in [0.3, 0.4) is 0 Å². The van der Waals surface area contributed by atoms with E-state index in [2.05, 4.69) is 5.32 Å². The number of nitrogens with zero attached hydrogens (tertiary/aromatic N) is 1. The van der Waals surface area contributed by atoms with Gasteiger partial charge >= 0.3 is 0 Å². The molecule has 0 radical (unpaired) electrons. The molecular formula is C20H17FN2O4S. The first-order chi connectivity index (χ1) is 13.5. The summed E-state index contributed by atoms with van der Waals surface area (Å²) < 4.78 is 18.3. The number of carbonyl (C=O) groups excluding carboxylic acids is 3. The molecule has 1 aliphatic heterocycles. The van der Waals surface area contributed by atoms with Crippen molar-refractivity contribution in [2.45, 2.75) is 0 Å². The van der Waals surface area contributed by atoms with Crippen molar-refractivity contribution in [3.8, 4) is 5.75 Å². The summed E-state index contributed by atoms with van der Waals surface area (Å²) in [5.74, 6) is -0.585. The van der Waals surface area contributed by atoms with E-state index in [9.17, 15) is 18.8 Å². The highest BCUT2D eigenvalue weighted by Crippen LogP contribution is 2.31. The van der Waals surface area contributed by atoms with Crippen molar-refractivity contribution in [2.75, 3.05) is 19.7 Å². The highest BCUT2D eigenvalue weighted by atomic mass is 32.2. The zero-order valence-corrected chi connectivity index (χ0v) is 15.6. The Balaban J connectivity index is 1.48. The fourth-order valence-electron chi connectivity index (χ4n) is 2.43. The summed E-state index contributed by atoms with van der Waals surface area (Å²) >= 11 is 0.815. The zero-order chi connectivity index (χ0) is 19.9. The van der Waals surface area contributed by atoms with Crippen LogP contribution in [0.15, 0.2) is 59.5 Å². The Kier molecular flexibility index (Phi) is 6.44. The van der Waals surface area contributed by atoms with Crippen molar-refractivity contribution < 1.29 is 23.5 Å². The Morgan fingerprint density at radius 3 is 2.54 bits per heavy atom. The molecule has 0 bridgehead atoms. The van der Waals surface area contributed by atoms with Gasteiger partial charge in [0.2, 0.25) is 0 Å². The lowest BCUT2D eigenvalue weighted by molar-refractivity contribution is -0.125. The second-order valence-electron chi connectivity index (χ2n) is 5.84. The number of imide groups is 1. The first-order valence-corrected chi connectivity index (χ1v) is 9.30. The number of para-hydroxylation sites is 1. The molecule has 0 atom stereocenters. The summed E-state index contributed by atoms with van der Waals surface area (Å²) in [6.45, 7) is 0.0255. The highest BCUT2D eigenvalue weighted by molar-refractivity contribution is 8.18. The monoisotopic (exact) mass is 400 g/mol. The van der Waals surface area contributed by atoms with Crippen LogP contribution in [0.5, 0.6) is 5.75 Å². The van der Waals surface area contributed by atoms with Crippen molar-refractivity contribution >= 4 is 34.9 Å². The van der Waals surface area contributed by atoms with Crippen LogP contribution < -0.4 is 10.1 Å². The molecule has 8 heteroatoms. The molecule has 6 nitrogen and oxygen atoms in total. The Morgan fingerprint density at radius 1 is 1.11 bits per heavy atom. The quantitative estimate of drug-likeness (QED) is 0.723. The largest absolute Gasteiger partial charge is 0.484 e. The molecule has 3 amide bonds. The maximum atomic E-state index is 13.0. The lowest BCUT2D eigenvalue weighted by atomic mass is 10.2. The minimum Gasteiger partial charge on any atom is -0.484 e. The molecule has 0 saturated carbocycles. The first kappa shape index (κ1) is 19.6. The third kappa shape index (κ3) is 5.20. The Hall–Kier alpha value is -3.13. The van der Waals surface area contributed by atoms with Gasteiger partial charge in [-0.1, -0.05) is 30.3 Å². The molecule has 1 saturated heterocycles. The zero-order valence-electron chi connectivity index (χ0n) is 14.8. The van der Waals surface area contributed by atoms with Crippen LogP contribution >= 0.6 is 11.8 Å². The topological polar surface area (TPSA) is 75.7 Å². The summed E-state index contributed by atoms with van der Waals surface area (Å²) in [6, 6.07) is 14.5. The van der Waals surface area contributed by atoms with Gasteiger partial charge in [0.15, 0.2) is 6.61 Å². The van der Waals surface area contributed by atoms with E-state index in [1.54, 1.807) is 24.3 Å². The highest BCUT2D eigenvalue weighted by Gasteiger charge is 2.34. The number of rotatable bonds is 7. The number of ether oxygens (including phenoxy) is 1. The molecule has 0 spiro atoms. The van der Waals surface area contributed by atoms with Gasteiger partial charge in [-0.25, -0.2) is 4.39 Å². The lowest BCUT2D eigenvalue weighted by Gasteiger charge is -2.13. The average molecular weight is 400 g/mol. The number of nitrogens with one attached hydrogen (secondary N) is 1. The van der Waals surface area contributed by atoms with Crippen molar-refractivity contribution in [3.05, 3.63) is 70.9 Å². The van der Waals surface area contributed by atoms with Gasteiger partial charge in [0.05, 0.1) is 4.91 Å². The van der Waals surface area contributed by atoms with Crippen LogP contribution in [0.4, 0.5) is 9.18 Å². The Bertz CT molecular complexity index is 900. The van der Waals surface area contributed by atoms with E-state index >= 15 is 0 Å². The molecule has 0 aromatic heterocycles. The molecule has 0 aliphatic carbocycles. The van der Waals surface area contributed by atoms with Gasteiger partial charge in [0.25, 0.3) is 17.1 Å². The van der Waals surface area contributed by atoms with Gasteiger partial charge < -0.3 is 10.1 Å². The summed E-state index contributed by atoms with van der Waals surface area (Å²) in [7, 11) is 0. The van der Waals surface area contributed by atoms with Gasteiger partial charge in [-0.3, -0.25) is 19.3 Å². The SMILES string of the molecule is O=C(COc1ccccc1)NCCN1C(=O)SC(=Cc2ccc(F)cc2)C1=O. The van der Waals surface area contributed by atoms with Crippen LogP contribution in [0.25, 0.3) is 6.08 Å². The van der Waals surface area contributed by atoms with Crippen LogP contribution in [0.2, 0.25) is 0 Å². The van der Waals surface area contributed by atoms with Crippen LogP contribution in [-0.2, 0) is 9.59 Å². The maximum absolute atomic E-state index is 13.0. The van der Waals surface area contributed by atoms with Gasteiger partial charge in [0, 0.05) is 13.1 Å². The minimum absolute atomic E-state index is 0.0580. The van der Waals surface area contributed by atoms with Crippen LogP contribution in [0.1, 0.15) is 5.56 Å². The van der Waals surface area contributed by atoms with Gasteiger partial charge in [-0.15, -0.1) is 0 Å². The van der Waals surface area contributed by atoms with Crippen molar-refractivity contribution in [1.29, 1.82) is 0 Å². The molecule has 28 heavy (non-hydrogen) atoms. The summed E-state index contributed by atoms with van der Waals surface area (Å²) in [4.78, 5) is 37.6. The number of amides is 3. The molecule has 0 unspecified atom stereocenters. The van der Waals surface area contributed by atoms with Gasteiger partial charge in [-0.05, 0) is 47.7 Å². The predicted octanol–water partition coefficient (Wildman–Crippen LogP) is 3.06. The van der Waals surface area contributed by atoms with Crippen LogP contribution in [0, 0.1) is 5.82 Å². The number of thioether (sulfide) groups is 1. The maximum Gasteiger partial charge on any atom is 0.293 e. The molecule has 1 aliphatic rings. The molecule has 2 aromatic rings. The van der Waals surface area contributed by atoms with E-state index in [1.165, 1.54) is 30.3 Å². The van der Waals surface area contributed by atoms with Crippen molar-refractivity contribution in [3.63, 3.8) is 0 Å². The van der Waals surface area contributed by atoms with Crippen molar-refractivity contribution in [2.24, 2.45) is 0 Å². The number of halogens is 1. The average Bonchev–Trinajstić information content (AvgIpc) is 2.96. The summed E-state index contributed by atoms with van der Waals surface area (Å²) in [5.41, 5.74) is 0.623. The van der Waals surface area contributed by atoms with Crippen molar-refractivity contribution in [1.82, 2.24) is 10.2 Å². The van der Waals surface area contributed by atoms with E-state index in [1.807, 2.05) is 6.07 Å². The second kappa shape index (κ2) is 9.18. The van der Waals surface area contributed by atoms with E-state index < -0.39 is 11.1 Å². The molecule has 1 heterocycles. The second-order valence-corrected chi connectivity index (χ2v) is 6.83. The van der Waals surface area contributed by atoms with Gasteiger partial charge in [0.1, 0.15) is 11.6 Å². The number of carbonyl (C=O) groups is 3. The molecular weight excluding hydrogens is 383 g/mol. The molecule has 144 valence electrons. The molecule has 3 rings (SSSR count). The predicted molar refractivity (Wildman–Crippen MR) is 104 cm³/mol. The smallest absolute Gasteiger partial charge is 0.293 e. The Morgan fingerprint density at radius 2 is 1.82 bits per heavy atom. The summed E-state index contributed by atoms with van der Waals surface area (Å²) in [6.07, 6.45) is 1.54. The summed E-state index contributed by atoms with van der Waals surface area (Å²) in [5, 5.41) is 2.20. The number of benzene rings is 2. The first-order valence-electron chi connectivity index (χ1n) is 8.48.